The summed E-state index contributed by atoms with van der Waals surface area (Å²) in [6.07, 6.45) is 3.95. The average Bonchev–Trinajstić information content (AvgIpc) is 3.37. The maximum atomic E-state index is 12.8. The largest absolute Gasteiger partial charge is 0.508 e. The van der Waals surface area contributed by atoms with Gasteiger partial charge in [-0.25, -0.2) is 0 Å². The fourth-order valence-electron chi connectivity index (χ4n) is 7.07. The van der Waals surface area contributed by atoms with Crippen molar-refractivity contribution in [2.75, 3.05) is 20.1 Å². The van der Waals surface area contributed by atoms with Crippen molar-refractivity contribution in [3.8, 4) is 5.75 Å². The molecule has 1 unspecified atom stereocenters. The molecule has 4 aliphatic rings. The van der Waals surface area contributed by atoms with Crippen LogP contribution < -0.4 is 4.90 Å². The predicted octanol–water partition coefficient (Wildman–Crippen LogP) is 1.47. The lowest BCUT2D eigenvalue weighted by Gasteiger charge is -2.48. The number of likely N-dealkylation sites (N-methyl/N-ethyl adjacent to an activating group) is 1. The highest BCUT2D eigenvalue weighted by Crippen LogP contribution is 2.70. The van der Waals surface area contributed by atoms with Crippen molar-refractivity contribution >= 4 is 5.97 Å². The lowest BCUT2D eigenvalue weighted by molar-refractivity contribution is -0.886. The summed E-state index contributed by atoms with van der Waals surface area (Å²) < 4.78 is 12.4. The van der Waals surface area contributed by atoms with Crippen LogP contribution in [0.3, 0.4) is 0 Å². The molecule has 4 fully saturated rings. The Bertz CT molecular complexity index is 827. The fraction of sp³-hybridized carbons (Fsp3) is 0.708. The van der Waals surface area contributed by atoms with E-state index in [2.05, 4.69) is 13.8 Å². The van der Waals surface area contributed by atoms with Crippen molar-refractivity contribution < 1.29 is 29.4 Å². The second kappa shape index (κ2) is 6.94. The third kappa shape index (κ3) is 2.91. The molecule has 2 saturated heterocycles. The summed E-state index contributed by atoms with van der Waals surface area (Å²) in [5, 5.41) is 20.0. The number of hydrogen-bond acceptors (Lipinski definition) is 5. The van der Waals surface area contributed by atoms with Crippen LogP contribution in [0, 0.1) is 23.2 Å². The molecular weight excluding hydrogens is 382 g/mol. The van der Waals surface area contributed by atoms with Gasteiger partial charge in [0.2, 0.25) is 0 Å². The Balaban J connectivity index is 1.29. The number of nitrogens with one attached hydrogen (secondary N) is 1. The van der Waals surface area contributed by atoms with Crippen LogP contribution in [0.4, 0.5) is 0 Å². The van der Waals surface area contributed by atoms with Gasteiger partial charge in [0.1, 0.15) is 36.0 Å². The number of phenols is 1. The number of carbonyl (C=O) groups excluding carboxylic acids is 1. The van der Waals surface area contributed by atoms with Gasteiger partial charge in [-0.3, -0.25) is 4.79 Å². The highest BCUT2D eigenvalue weighted by atomic mass is 16.6. The van der Waals surface area contributed by atoms with E-state index in [-0.39, 0.29) is 46.8 Å². The number of epoxide rings is 1. The molecule has 1 spiro atoms. The fourth-order valence-corrected chi connectivity index (χ4v) is 7.07. The van der Waals surface area contributed by atoms with Gasteiger partial charge in [-0.15, -0.1) is 0 Å². The minimum absolute atomic E-state index is 0.0340. The van der Waals surface area contributed by atoms with Gasteiger partial charge in [-0.2, -0.15) is 0 Å². The number of esters is 1. The first-order chi connectivity index (χ1) is 14.2. The van der Waals surface area contributed by atoms with Crippen molar-refractivity contribution in [3.05, 3.63) is 29.8 Å². The Hall–Kier alpha value is -1.63. The minimum Gasteiger partial charge on any atom is -0.508 e. The zero-order chi connectivity index (χ0) is 21.3. The second-order valence-electron chi connectivity index (χ2n) is 10.5. The molecule has 2 aliphatic carbocycles. The highest BCUT2D eigenvalue weighted by molar-refractivity contribution is 5.76. The van der Waals surface area contributed by atoms with Gasteiger partial charge in [0.05, 0.1) is 19.7 Å². The standard InChI is InChI=1S/C24H33NO5/c1-14-5-4-10-23(2)11-19-20(21-24(14,23)30-21)17(22(28)29-19)12-25(3)13-18(27)15-6-8-16(26)9-7-15/h6-9,14,17-21,26-27H,4-5,10-13H2,1-3H3/p+1/t14-,17+,18-,19+,20+,21-,23+,24-/m0/s1. The number of rotatable bonds is 5. The number of benzene rings is 1. The first-order valence-electron chi connectivity index (χ1n) is 11.4. The van der Waals surface area contributed by atoms with E-state index in [0.717, 1.165) is 23.3 Å². The molecule has 6 heteroatoms. The number of aliphatic hydroxyl groups excluding tert-OH is 1. The first kappa shape index (κ1) is 20.3. The Morgan fingerprint density at radius 3 is 2.77 bits per heavy atom. The van der Waals surface area contributed by atoms with E-state index < -0.39 is 6.10 Å². The molecule has 2 aliphatic heterocycles. The van der Waals surface area contributed by atoms with Crippen LogP contribution in [0.1, 0.15) is 51.2 Å². The number of ether oxygens (including phenoxy) is 2. The number of aliphatic hydroxyl groups is 1. The Morgan fingerprint density at radius 1 is 1.30 bits per heavy atom. The maximum Gasteiger partial charge on any atom is 0.315 e. The van der Waals surface area contributed by atoms with Gasteiger partial charge in [-0.05, 0) is 42.9 Å². The van der Waals surface area contributed by atoms with Crippen LogP contribution in [-0.4, -0.2) is 54.1 Å². The number of phenolic OH excluding ortho intramolecular Hbond substituents is 1. The van der Waals surface area contributed by atoms with Crippen LogP contribution in [0.5, 0.6) is 5.75 Å². The number of hydrogen-bond donors (Lipinski definition) is 3. The average molecular weight is 417 g/mol. The van der Waals surface area contributed by atoms with Crippen LogP contribution in [0.25, 0.3) is 0 Å². The zero-order valence-electron chi connectivity index (χ0n) is 18.1. The molecule has 2 heterocycles. The van der Waals surface area contributed by atoms with Gasteiger partial charge in [0.15, 0.2) is 0 Å². The third-order valence-corrected chi connectivity index (χ3v) is 8.58. The third-order valence-electron chi connectivity index (χ3n) is 8.58. The summed E-state index contributed by atoms with van der Waals surface area (Å²) in [5.41, 5.74) is 0.811. The zero-order valence-corrected chi connectivity index (χ0v) is 18.1. The van der Waals surface area contributed by atoms with Gasteiger partial charge in [0.25, 0.3) is 0 Å². The molecule has 2 saturated carbocycles. The quantitative estimate of drug-likeness (QED) is 0.500. The Kier molecular flexibility index (Phi) is 4.69. The lowest BCUT2D eigenvalue weighted by atomic mass is 9.53. The molecule has 3 N–H and O–H groups in total. The number of aromatic hydroxyl groups is 1. The monoisotopic (exact) mass is 416 g/mol. The van der Waals surface area contributed by atoms with Crippen LogP contribution in [0.15, 0.2) is 24.3 Å². The molecule has 0 aromatic heterocycles. The van der Waals surface area contributed by atoms with E-state index in [1.54, 1.807) is 24.3 Å². The summed E-state index contributed by atoms with van der Waals surface area (Å²) >= 11 is 0. The van der Waals surface area contributed by atoms with E-state index in [0.29, 0.717) is 19.0 Å². The van der Waals surface area contributed by atoms with E-state index in [4.69, 9.17) is 9.47 Å². The summed E-state index contributed by atoms with van der Waals surface area (Å²) in [4.78, 5) is 13.9. The van der Waals surface area contributed by atoms with Crippen molar-refractivity contribution in [2.45, 2.75) is 63.4 Å². The molecule has 1 aromatic rings. The second-order valence-corrected chi connectivity index (χ2v) is 10.5. The molecule has 0 bridgehead atoms. The molecule has 30 heavy (non-hydrogen) atoms. The smallest absolute Gasteiger partial charge is 0.315 e. The Labute approximate surface area is 178 Å². The Morgan fingerprint density at radius 2 is 2.03 bits per heavy atom. The molecule has 1 aromatic carbocycles. The van der Waals surface area contributed by atoms with Crippen LogP contribution >= 0.6 is 0 Å². The molecule has 9 atom stereocenters. The number of quaternary nitrogens is 1. The summed E-state index contributed by atoms with van der Waals surface area (Å²) in [6.45, 7) is 5.79. The van der Waals surface area contributed by atoms with Gasteiger partial charge in [-0.1, -0.05) is 32.4 Å². The summed E-state index contributed by atoms with van der Waals surface area (Å²) in [7, 11) is 2.02. The van der Waals surface area contributed by atoms with Crippen LogP contribution in [0.2, 0.25) is 0 Å². The van der Waals surface area contributed by atoms with Crippen molar-refractivity contribution in [2.24, 2.45) is 23.2 Å². The van der Waals surface area contributed by atoms with Gasteiger partial charge >= 0.3 is 5.97 Å². The van der Waals surface area contributed by atoms with Gasteiger partial charge in [0, 0.05) is 11.3 Å². The molecular formula is C24H34NO5+. The van der Waals surface area contributed by atoms with Crippen LogP contribution in [-0.2, 0) is 14.3 Å². The molecule has 0 radical (unpaired) electrons. The summed E-state index contributed by atoms with van der Waals surface area (Å²) in [5.74, 6) is 0.576. The van der Waals surface area contributed by atoms with Gasteiger partial charge < -0.3 is 24.6 Å². The lowest BCUT2D eigenvalue weighted by Crippen LogP contribution is -3.10. The maximum absolute atomic E-state index is 12.8. The highest BCUT2D eigenvalue weighted by Gasteiger charge is 2.78. The molecule has 5 rings (SSSR count). The normalized spacial score (nSPS) is 43.7. The molecule has 0 amide bonds. The SMILES string of the molecule is C[C@H]1CCC[C@]2(C)C[C@H]3OC(=O)[C@H](C[NH+](C)C[C@H](O)c4ccc(O)cc4)[C@H]3[C@@H]3O[C@@]132. The van der Waals surface area contributed by atoms with Crippen molar-refractivity contribution in [3.63, 3.8) is 0 Å². The number of fused-ring (bicyclic) bond motifs is 2. The van der Waals surface area contributed by atoms with E-state index in [1.807, 2.05) is 7.05 Å². The van der Waals surface area contributed by atoms with Crippen molar-refractivity contribution in [1.82, 2.24) is 0 Å². The predicted molar refractivity (Wildman–Crippen MR) is 110 cm³/mol. The molecule has 6 nitrogen and oxygen atoms in total. The number of carbonyl (C=O) groups is 1. The van der Waals surface area contributed by atoms with E-state index >= 15 is 0 Å². The first-order valence-corrected chi connectivity index (χ1v) is 11.4. The topological polar surface area (TPSA) is 83.7 Å². The van der Waals surface area contributed by atoms with E-state index in [9.17, 15) is 15.0 Å². The minimum atomic E-state index is -0.643. The molecule has 164 valence electrons. The van der Waals surface area contributed by atoms with E-state index in [1.165, 1.54) is 12.8 Å². The summed E-state index contributed by atoms with van der Waals surface area (Å²) in [6, 6.07) is 6.64. The van der Waals surface area contributed by atoms with Crippen molar-refractivity contribution in [1.29, 1.82) is 0 Å².